The van der Waals surface area contributed by atoms with Gasteiger partial charge in [0, 0.05) is 19.7 Å². The third-order valence-corrected chi connectivity index (χ3v) is 3.07. The van der Waals surface area contributed by atoms with Crippen LogP contribution in [0.1, 0.15) is 24.4 Å². The number of rotatable bonds is 8. The maximum absolute atomic E-state index is 5.77. The van der Waals surface area contributed by atoms with E-state index >= 15 is 0 Å². The molecule has 4 nitrogen and oxygen atoms in total. The number of ether oxygens (including phenoxy) is 1. The van der Waals surface area contributed by atoms with E-state index in [9.17, 15) is 0 Å². The molecule has 1 heterocycles. The zero-order valence-electron chi connectivity index (χ0n) is 10.7. The van der Waals surface area contributed by atoms with E-state index in [0.29, 0.717) is 0 Å². The van der Waals surface area contributed by atoms with Crippen LogP contribution in [-0.2, 0) is 17.8 Å². The second-order valence-corrected chi connectivity index (χ2v) is 4.59. The fraction of sp³-hybridized carbons (Fsp3) is 0.692. The van der Waals surface area contributed by atoms with E-state index in [2.05, 4.69) is 16.3 Å². The van der Waals surface area contributed by atoms with Gasteiger partial charge in [-0.05, 0) is 32.0 Å². The highest BCUT2D eigenvalue weighted by Gasteiger charge is 2.29. The molecule has 0 spiro atoms. The predicted octanol–water partition coefficient (Wildman–Crippen LogP) is 1.61. The van der Waals surface area contributed by atoms with Gasteiger partial charge in [-0.2, -0.15) is 0 Å². The molecule has 4 heteroatoms. The average Bonchev–Trinajstić information content (AvgIpc) is 3.08. The van der Waals surface area contributed by atoms with Crippen LogP contribution in [0.15, 0.2) is 16.5 Å². The summed E-state index contributed by atoms with van der Waals surface area (Å²) in [7, 11) is 3.68. The molecule has 1 fully saturated rings. The van der Waals surface area contributed by atoms with E-state index in [0.717, 1.165) is 43.8 Å². The first-order valence-electron chi connectivity index (χ1n) is 6.28. The maximum Gasteiger partial charge on any atom is 0.118 e. The minimum absolute atomic E-state index is 0.739. The number of furan rings is 1. The Morgan fingerprint density at radius 3 is 2.82 bits per heavy atom. The molecule has 0 aromatic carbocycles. The highest BCUT2D eigenvalue weighted by atomic mass is 16.5. The van der Waals surface area contributed by atoms with Crippen molar-refractivity contribution in [1.29, 1.82) is 0 Å². The van der Waals surface area contributed by atoms with E-state index in [1.807, 2.05) is 13.1 Å². The molecule has 0 saturated heterocycles. The van der Waals surface area contributed by atoms with Crippen molar-refractivity contribution in [2.75, 3.05) is 27.3 Å². The first-order chi connectivity index (χ1) is 8.33. The van der Waals surface area contributed by atoms with Crippen molar-refractivity contribution in [2.45, 2.75) is 32.0 Å². The molecule has 1 aromatic heterocycles. The van der Waals surface area contributed by atoms with Gasteiger partial charge < -0.3 is 14.5 Å². The van der Waals surface area contributed by atoms with Crippen molar-refractivity contribution in [3.05, 3.63) is 23.7 Å². The molecule has 0 unspecified atom stereocenters. The Kier molecular flexibility index (Phi) is 4.59. The van der Waals surface area contributed by atoms with Gasteiger partial charge in [0.25, 0.3) is 0 Å². The van der Waals surface area contributed by atoms with Gasteiger partial charge in [-0.3, -0.25) is 4.90 Å². The molecule has 2 rings (SSSR count). The maximum atomic E-state index is 5.77. The largest absolute Gasteiger partial charge is 0.463 e. The van der Waals surface area contributed by atoms with Gasteiger partial charge in [0.05, 0.1) is 19.7 Å². The molecule has 1 saturated carbocycles. The highest BCUT2D eigenvalue weighted by Crippen LogP contribution is 2.28. The van der Waals surface area contributed by atoms with Gasteiger partial charge in [0.2, 0.25) is 0 Å². The zero-order valence-corrected chi connectivity index (χ0v) is 10.7. The number of hydrogen-bond donors (Lipinski definition) is 1. The molecule has 0 aliphatic heterocycles. The quantitative estimate of drug-likeness (QED) is 0.746. The minimum Gasteiger partial charge on any atom is -0.463 e. The first kappa shape index (κ1) is 12.6. The molecular weight excluding hydrogens is 216 g/mol. The topological polar surface area (TPSA) is 37.6 Å². The second kappa shape index (κ2) is 6.19. The Labute approximate surface area is 103 Å². The molecule has 17 heavy (non-hydrogen) atoms. The minimum atomic E-state index is 0.739. The lowest BCUT2D eigenvalue weighted by molar-refractivity contribution is 0.134. The van der Waals surface area contributed by atoms with Crippen LogP contribution in [0.3, 0.4) is 0 Å². The molecule has 1 N–H and O–H groups in total. The monoisotopic (exact) mass is 238 g/mol. The van der Waals surface area contributed by atoms with Crippen LogP contribution in [-0.4, -0.2) is 38.3 Å². The van der Waals surface area contributed by atoms with Gasteiger partial charge in [-0.15, -0.1) is 0 Å². The fourth-order valence-electron chi connectivity index (χ4n) is 2.02. The van der Waals surface area contributed by atoms with Crippen molar-refractivity contribution in [1.82, 2.24) is 10.2 Å². The van der Waals surface area contributed by atoms with E-state index in [4.69, 9.17) is 9.15 Å². The molecule has 1 aliphatic carbocycles. The summed E-state index contributed by atoms with van der Waals surface area (Å²) in [5, 5.41) is 3.09. The SMILES string of the molecule is CNCc1ccc(CN(CCOC)C2CC2)o1. The number of nitrogens with zero attached hydrogens (tertiary/aromatic N) is 1. The van der Waals surface area contributed by atoms with Crippen molar-refractivity contribution in [3.63, 3.8) is 0 Å². The molecule has 1 aromatic rings. The summed E-state index contributed by atoms with van der Waals surface area (Å²) in [4.78, 5) is 2.45. The average molecular weight is 238 g/mol. The van der Waals surface area contributed by atoms with E-state index < -0.39 is 0 Å². The molecule has 0 radical (unpaired) electrons. The zero-order chi connectivity index (χ0) is 12.1. The van der Waals surface area contributed by atoms with Crippen LogP contribution in [0, 0.1) is 0 Å². The Hall–Kier alpha value is -0.840. The van der Waals surface area contributed by atoms with E-state index in [-0.39, 0.29) is 0 Å². The number of hydrogen-bond acceptors (Lipinski definition) is 4. The molecule has 0 bridgehead atoms. The number of methoxy groups -OCH3 is 1. The lowest BCUT2D eigenvalue weighted by Gasteiger charge is -2.19. The summed E-state index contributed by atoms with van der Waals surface area (Å²) in [6, 6.07) is 4.87. The van der Waals surface area contributed by atoms with Crippen LogP contribution in [0.4, 0.5) is 0 Å². The van der Waals surface area contributed by atoms with Gasteiger partial charge >= 0.3 is 0 Å². The Balaban J connectivity index is 1.87. The Morgan fingerprint density at radius 2 is 2.18 bits per heavy atom. The lowest BCUT2D eigenvalue weighted by Crippen LogP contribution is -2.28. The van der Waals surface area contributed by atoms with Crippen LogP contribution in [0.25, 0.3) is 0 Å². The van der Waals surface area contributed by atoms with Crippen molar-refractivity contribution in [3.8, 4) is 0 Å². The molecule has 0 atom stereocenters. The normalized spacial score (nSPS) is 15.7. The van der Waals surface area contributed by atoms with Crippen LogP contribution in [0.2, 0.25) is 0 Å². The first-order valence-corrected chi connectivity index (χ1v) is 6.28. The van der Waals surface area contributed by atoms with Crippen molar-refractivity contribution < 1.29 is 9.15 Å². The lowest BCUT2D eigenvalue weighted by atomic mass is 10.3. The van der Waals surface area contributed by atoms with Crippen molar-refractivity contribution in [2.24, 2.45) is 0 Å². The van der Waals surface area contributed by atoms with Crippen LogP contribution >= 0.6 is 0 Å². The molecular formula is C13H22N2O2. The summed E-state index contributed by atoms with van der Waals surface area (Å²) in [6.45, 7) is 3.48. The summed E-state index contributed by atoms with van der Waals surface area (Å²) in [6.07, 6.45) is 2.63. The molecule has 1 aliphatic rings. The standard InChI is InChI=1S/C13H22N2O2/c1-14-9-12-5-6-13(17-12)10-15(7-8-16-2)11-3-4-11/h5-6,11,14H,3-4,7-10H2,1-2H3. The number of nitrogens with one attached hydrogen (secondary N) is 1. The van der Waals surface area contributed by atoms with Gasteiger partial charge in [-0.1, -0.05) is 0 Å². The highest BCUT2D eigenvalue weighted by molar-refractivity contribution is 5.07. The van der Waals surface area contributed by atoms with E-state index in [1.54, 1.807) is 7.11 Å². The third-order valence-electron chi connectivity index (χ3n) is 3.07. The van der Waals surface area contributed by atoms with Gasteiger partial charge in [0.1, 0.15) is 11.5 Å². The predicted molar refractivity (Wildman–Crippen MR) is 66.8 cm³/mol. The molecule has 0 amide bonds. The Bertz CT molecular complexity index is 334. The summed E-state index contributed by atoms with van der Waals surface area (Å²) in [5.74, 6) is 2.06. The third kappa shape index (κ3) is 3.84. The van der Waals surface area contributed by atoms with Crippen molar-refractivity contribution >= 4 is 0 Å². The summed E-state index contributed by atoms with van der Waals surface area (Å²) in [5.41, 5.74) is 0. The smallest absolute Gasteiger partial charge is 0.118 e. The van der Waals surface area contributed by atoms with Gasteiger partial charge in [0.15, 0.2) is 0 Å². The van der Waals surface area contributed by atoms with E-state index in [1.165, 1.54) is 12.8 Å². The van der Waals surface area contributed by atoms with Crippen LogP contribution < -0.4 is 5.32 Å². The fourth-order valence-corrected chi connectivity index (χ4v) is 2.02. The second-order valence-electron chi connectivity index (χ2n) is 4.59. The Morgan fingerprint density at radius 1 is 1.41 bits per heavy atom. The summed E-state index contributed by atoms with van der Waals surface area (Å²) >= 11 is 0. The van der Waals surface area contributed by atoms with Crippen LogP contribution in [0.5, 0.6) is 0 Å². The molecule has 96 valence electrons. The van der Waals surface area contributed by atoms with Gasteiger partial charge in [-0.25, -0.2) is 0 Å². The summed E-state index contributed by atoms with van der Waals surface area (Å²) < 4.78 is 10.9.